The summed E-state index contributed by atoms with van der Waals surface area (Å²) in [4.78, 5) is 34.0. The summed E-state index contributed by atoms with van der Waals surface area (Å²) in [5.41, 5.74) is 3.88. The molecule has 9 nitrogen and oxygen atoms in total. The van der Waals surface area contributed by atoms with Crippen LogP contribution in [0.2, 0.25) is 0 Å². The summed E-state index contributed by atoms with van der Waals surface area (Å²) in [5, 5.41) is 5.41. The van der Waals surface area contributed by atoms with Crippen LogP contribution in [0.15, 0.2) is 47.5 Å². The third-order valence-corrected chi connectivity index (χ3v) is 8.13. The topological polar surface area (TPSA) is 95.5 Å². The minimum absolute atomic E-state index is 0. The lowest BCUT2D eigenvalue weighted by Gasteiger charge is -2.35. The Kier molecular flexibility index (Phi) is 13.0. The summed E-state index contributed by atoms with van der Waals surface area (Å²) in [6.45, 7) is 8.40. The van der Waals surface area contributed by atoms with Gasteiger partial charge >= 0.3 is 0 Å². The van der Waals surface area contributed by atoms with E-state index in [4.69, 9.17) is 9.47 Å². The van der Waals surface area contributed by atoms with E-state index >= 15 is 0 Å². The quantitative estimate of drug-likeness (QED) is 0.347. The Balaban J connectivity index is 0.00000506. The average molecular weight is 614 g/mol. The molecule has 236 valence electrons. The van der Waals surface area contributed by atoms with Crippen molar-refractivity contribution in [1.82, 2.24) is 20.4 Å². The van der Waals surface area contributed by atoms with Gasteiger partial charge in [0.05, 0.1) is 18.6 Å². The largest absolute Gasteiger partial charge is 0.493 e. The molecule has 2 aromatic rings. The van der Waals surface area contributed by atoms with Crippen molar-refractivity contribution in [3.63, 3.8) is 0 Å². The monoisotopic (exact) mass is 613 g/mol. The molecule has 2 aliphatic rings. The van der Waals surface area contributed by atoms with Crippen molar-refractivity contribution in [2.75, 3.05) is 54.1 Å². The second-order valence-corrected chi connectivity index (χ2v) is 12.2. The lowest BCUT2D eigenvalue weighted by molar-refractivity contribution is -0.127. The molecule has 0 atom stereocenters. The molecule has 0 unspecified atom stereocenters. The SMILES string of the molecule is COCCCOc1cc(CCC(=O)NC2=NCC(C)(C)C(=O)N2)ccc1-c1ccc(CN2CCC(N(C)C)CC2)cc1.Cl. The number of piperidine rings is 1. The summed E-state index contributed by atoms with van der Waals surface area (Å²) in [7, 11) is 6.04. The van der Waals surface area contributed by atoms with E-state index in [0.717, 1.165) is 48.5 Å². The Labute approximate surface area is 262 Å². The minimum atomic E-state index is -0.570. The van der Waals surface area contributed by atoms with Crippen LogP contribution in [-0.4, -0.2) is 87.7 Å². The number of rotatable bonds is 12. The van der Waals surface area contributed by atoms with Crippen LogP contribution in [0, 0.1) is 5.41 Å². The molecule has 43 heavy (non-hydrogen) atoms. The molecule has 0 radical (unpaired) electrons. The summed E-state index contributed by atoms with van der Waals surface area (Å²) in [6.07, 6.45) is 4.02. The number of aliphatic imine (C=N–C) groups is 1. The lowest BCUT2D eigenvalue weighted by atomic mass is 9.92. The first kappa shape index (κ1) is 34.5. The Morgan fingerprint density at radius 3 is 2.44 bits per heavy atom. The fourth-order valence-corrected chi connectivity index (χ4v) is 5.30. The molecular formula is C33H48ClN5O4. The highest BCUT2D eigenvalue weighted by atomic mass is 35.5. The molecule has 2 amide bonds. The third-order valence-electron chi connectivity index (χ3n) is 8.13. The molecule has 1 saturated heterocycles. The molecule has 2 heterocycles. The van der Waals surface area contributed by atoms with E-state index in [1.54, 1.807) is 7.11 Å². The predicted octanol–water partition coefficient (Wildman–Crippen LogP) is 4.28. The number of hydrogen-bond acceptors (Lipinski definition) is 7. The normalized spacial score (nSPS) is 17.2. The van der Waals surface area contributed by atoms with Gasteiger partial charge in [-0.3, -0.25) is 30.1 Å². The van der Waals surface area contributed by atoms with Gasteiger partial charge in [-0.25, -0.2) is 0 Å². The molecule has 0 saturated carbocycles. The maximum atomic E-state index is 12.6. The molecule has 2 aromatic carbocycles. The van der Waals surface area contributed by atoms with E-state index in [-0.39, 0.29) is 36.6 Å². The standard InChI is InChI=1S/C33H47N5O4.ClH/c1-33(2)23-34-32(36-31(33)40)35-30(39)14-10-24-9-13-28(29(21-24)42-20-6-19-41-5)26-11-7-25(8-12-26)22-38-17-15-27(16-18-38)37(3)4;/h7-9,11-13,21,27H,6,10,14-20,22-23H2,1-5H3,(H2,34,35,36,39,40);1H. The van der Waals surface area contributed by atoms with Crippen LogP contribution in [-0.2, 0) is 27.3 Å². The minimum Gasteiger partial charge on any atom is -0.493 e. The van der Waals surface area contributed by atoms with Crippen LogP contribution in [0.1, 0.15) is 50.7 Å². The number of halogens is 1. The first-order valence-electron chi connectivity index (χ1n) is 15.0. The number of likely N-dealkylation sites (tertiary alicyclic amines) is 1. The van der Waals surface area contributed by atoms with Crippen LogP contribution in [0.5, 0.6) is 5.75 Å². The molecule has 0 aromatic heterocycles. The van der Waals surface area contributed by atoms with Gasteiger partial charge in [0.25, 0.3) is 0 Å². The number of methoxy groups -OCH3 is 1. The van der Waals surface area contributed by atoms with E-state index in [1.807, 2.05) is 19.9 Å². The van der Waals surface area contributed by atoms with E-state index in [2.05, 4.69) is 75.9 Å². The molecule has 0 aliphatic carbocycles. The van der Waals surface area contributed by atoms with E-state index in [1.165, 1.54) is 18.4 Å². The van der Waals surface area contributed by atoms with Gasteiger partial charge < -0.3 is 14.4 Å². The van der Waals surface area contributed by atoms with Gasteiger partial charge in [0.1, 0.15) is 5.75 Å². The van der Waals surface area contributed by atoms with Crippen LogP contribution in [0.25, 0.3) is 11.1 Å². The van der Waals surface area contributed by atoms with E-state index in [0.29, 0.717) is 32.2 Å². The maximum absolute atomic E-state index is 12.6. The molecule has 0 spiro atoms. The molecule has 2 N–H and O–H groups in total. The first-order valence-corrected chi connectivity index (χ1v) is 15.0. The zero-order valence-corrected chi connectivity index (χ0v) is 27.1. The van der Waals surface area contributed by atoms with Crippen LogP contribution >= 0.6 is 12.4 Å². The van der Waals surface area contributed by atoms with Crippen molar-refractivity contribution in [1.29, 1.82) is 0 Å². The van der Waals surface area contributed by atoms with Crippen molar-refractivity contribution < 1.29 is 19.1 Å². The third kappa shape index (κ3) is 10.0. The number of amides is 2. The predicted molar refractivity (Wildman–Crippen MR) is 174 cm³/mol. The van der Waals surface area contributed by atoms with Gasteiger partial charge in [-0.1, -0.05) is 36.4 Å². The number of nitrogens with zero attached hydrogens (tertiary/aromatic N) is 3. The van der Waals surface area contributed by atoms with Gasteiger partial charge in [-0.2, -0.15) is 0 Å². The van der Waals surface area contributed by atoms with Gasteiger partial charge in [-0.05, 0) is 83.1 Å². The maximum Gasteiger partial charge on any atom is 0.234 e. The number of carbonyl (C=O) groups excluding carboxylic acids is 2. The second kappa shape index (κ2) is 16.2. The molecule has 1 fully saturated rings. The number of hydrogen-bond donors (Lipinski definition) is 2. The number of nitrogens with one attached hydrogen (secondary N) is 2. The highest BCUT2D eigenvalue weighted by Crippen LogP contribution is 2.32. The van der Waals surface area contributed by atoms with Crippen LogP contribution < -0.4 is 15.4 Å². The van der Waals surface area contributed by atoms with Crippen molar-refractivity contribution in [2.24, 2.45) is 10.4 Å². The molecule has 2 aliphatic heterocycles. The zero-order chi connectivity index (χ0) is 30.1. The van der Waals surface area contributed by atoms with Crippen LogP contribution in [0.3, 0.4) is 0 Å². The van der Waals surface area contributed by atoms with Gasteiger partial charge in [0, 0.05) is 44.7 Å². The average Bonchev–Trinajstić information content (AvgIpc) is 2.97. The Bertz CT molecular complexity index is 1240. The molecular weight excluding hydrogens is 566 g/mol. The van der Waals surface area contributed by atoms with Crippen molar-refractivity contribution in [3.05, 3.63) is 53.6 Å². The van der Waals surface area contributed by atoms with Gasteiger partial charge in [0.2, 0.25) is 17.8 Å². The van der Waals surface area contributed by atoms with E-state index in [9.17, 15) is 9.59 Å². The van der Waals surface area contributed by atoms with E-state index < -0.39 is 5.41 Å². The van der Waals surface area contributed by atoms with Crippen molar-refractivity contribution in [2.45, 2.75) is 58.5 Å². The fourth-order valence-electron chi connectivity index (χ4n) is 5.30. The first-order chi connectivity index (χ1) is 20.1. The van der Waals surface area contributed by atoms with Gasteiger partial charge in [0.15, 0.2) is 0 Å². The Morgan fingerprint density at radius 1 is 1.09 bits per heavy atom. The highest BCUT2D eigenvalue weighted by Gasteiger charge is 2.32. The number of ether oxygens (including phenoxy) is 2. The van der Waals surface area contributed by atoms with Crippen LogP contribution in [0.4, 0.5) is 0 Å². The fraction of sp³-hybridized carbons (Fsp3) is 0.545. The van der Waals surface area contributed by atoms with Crippen molar-refractivity contribution >= 4 is 30.2 Å². The summed E-state index contributed by atoms with van der Waals surface area (Å²) < 4.78 is 11.4. The number of aryl methyl sites for hydroxylation is 1. The Hall–Kier alpha value is -2.98. The summed E-state index contributed by atoms with van der Waals surface area (Å²) in [6, 6.07) is 15.6. The molecule has 0 bridgehead atoms. The second-order valence-electron chi connectivity index (χ2n) is 12.2. The lowest BCUT2D eigenvalue weighted by Crippen LogP contribution is -2.52. The van der Waals surface area contributed by atoms with Gasteiger partial charge in [-0.15, -0.1) is 12.4 Å². The zero-order valence-electron chi connectivity index (χ0n) is 26.3. The molecule has 4 rings (SSSR count). The number of benzene rings is 2. The number of carbonyl (C=O) groups is 2. The smallest absolute Gasteiger partial charge is 0.234 e. The van der Waals surface area contributed by atoms with Crippen molar-refractivity contribution in [3.8, 4) is 16.9 Å². The summed E-state index contributed by atoms with van der Waals surface area (Å²) >= 11 is 0. The number of guanidine groups is 1. The Morgan fingerprint density at radius 2 is 1.79 bits per heavy atom. The highest BCUT2D eigenvalue weighted by molar-refractivity contribution is 6.07. The summed E-state index contributed by atoms with van der Waals surface area (Å²) in [5.74, 6) is 0.690. The molecule has 10 heteroatoms.